The number of nitrogens with zero attached hydrogens (tertiary/aromatic N) is 4. The first kappa shape index (κ1) is 28.2. The second kappa shape index (κ2) is 11.6. The van der Waals surface area contributed by atoms with E-state index in [1.807, 2.05) is 41.1 Å². The molecule has 41 heavy (non-hydrogen) atoms. The van der Waals surface area contributed by atoms with Gasteiger partial charge in [-0.15, -0.1) is 0 Å². The number of hydrogen-bond acceptors (Lipinski definition) is 6. The van der Waals surface area contributed by atoms with E-state index in [1.165, 1.54) is 11.1 Å². The van der Waals surface area contributed by atoms with Gasteiger partial charge in [0.25, 0.3) is 0 Å². The summed E-state index contributed by atoms with van der Waals surface area (Å²) < 4.78 is 7.80. The Morgan fingerprint density at radius 1 is 0.951 bits per heavy atom. The summed E-state index contributed by atoms with van der Waals surface area (Å²) >= 11 is 0. The van der Waals surface area contributed by atoms with Gasteiger partial charge in [-0.3, -0.25) is 5.32 Å². The Kier molecular flexibility index (Phi) is 7.99. The number of rotatable bonds is 7. The fourth-order valence-electron chi connectivity index (χ4n) is 4.72. The highest BCUT2D eigenvalue weighted by atomic mass is 16.5. The van der Waals surface area contributed by atoms with Gasteiger partial charge in [0, 0.05) is 48.6 Å². The molecular formula is C32H39N7O2. The summed E-state index contributed by atoms with van der Waals surface area (Å²) in [5, 5.41) is 14.1. The molecule has 0 fully saturated rings. The summed E-state index contributed by atoms with van der Waals surface area (Å²) in [7, 11) is 2.14. The normalized spacial score (nSPS) is 13.5. The zero-order valence-corrected chi connectivity index (χ0v) is 24.7. The Bertz CT molecular complexity index is 1520. The minimum atomic E-state index is -0.349. The number of benzene rings is 2. The van der Waals surface area contributed by atoms with Crippen molar-refractivity contribution in [2.75, 3.05) is 29.5 Å². The lowest BCUT2D eigenvalue weighted by Gasteiger charge is -2.25. The molecule has 0 aliphatic carbocycles. The van der Waals surface area contributed by atoms with E-state index in [9.17, 15) is 4.79 Å². The van der Waals surface area contributed by atoms with Gasteiger partial charge in [-0.25, -0.2) is 14.5 Å². The summed E-state index contributed by atoms with van der Waals surface area (Å²) in [4.78, 5) is 19.7. The van der Waals surface area contributed by atoms with Crippen molar-refractivity contribution in [3.05, 3.63) is 83.7 Å². The van der Waals surface area contributed by atoms with Crippen molar-refractivity contribution < 1.29 is 9.53 Å². The first-order valence-electron chi connectivity index (χ1n) is 14.0. The van der Waals surface area contributed by atoms with Gasteiger partial charge >= 0.3 is 6.03 Å². The Morgan fingerprint density at radius 3 is 2.46 bits per heavy atom. The number of aromatic nitrogens is 3. The Balaban J connectivity index is 1.29. The molecule has 3 N–H and O–H groups in total. The average Bonchev–Trinajstić information content (AvgIpc) is 3.33. The van der Waals surface area contributed by atoms with E-state index >= 15 is 0 Å². The van der Waals surface area contributed by atoms with Gasteiger partial charge in [-0.2, -0.15) is 5.10 Å². The number of hydrogen-bond donors (Lipinski definition) is 3. The topological polar surface area (TPSA) is 96.3 Å². The standard InChI is InChI=1S/C32H39N7O2/c1-21(2)34-29-18-27(13-15-33-29)41-26-11-8-24(9-12-26)35-31(40)36-30-19-28(32(3,4)5)37-39(30)25-10-7-23-20-38(6)16-14-22(23)17-25/h7-13,15,17-19,21H,14,16,20H2,1-6H3,(H,33,34)(H2,35,36,40). The lowest BCUT2D eigenvalue weighted by atomic mass is 9.92. The van der Waals surface area contributed by atoms with Crippen LogP contribution in [0.2, 0.25) is 0 Å². The maximum Gasteiger partial charge on any atom is 0.324 e. The number of ether oxygens (including phenoxy) is 1. The number of carbonyl (C=O) groups excluding carboxylic acids is 1. The molecule has 1 aliphatic rings. The average molecular weight is 554 g/mol. The minimum absolute atomic E-state index is 0.175. The van der Waals surface area contributed by atoms with Crippen molar-refractivity contribution in [1.82, 2.24) is 19.7 Å². The second-order valence-corrected chi connectivity index (χ2v) is 11.9. The molecule has 5 rings (SSSR count). The monoisotopic (exact) mass is 553 g/mol. The third-order valence-corrected chi connectivity index (χ3v) is 6.87. The molecule has 0 bridgehead atoms. The number of carbonyl (C=O) groups is 1. The SMILES string of the molecule is CC(C)Nc1cc(Oc2ccc(NC(=O)Nc3cc(C(C)(C)C)nn3-c3ccc4c(c3)CCN(C)C4)cc2)ccn1. The number of pyridine rings is 1. The molecule has 0 spiro atoms. The summed E-state index contributed by atoms with van der Waals surface area (Å²) in [5.74, 6) is 2.70. The minimum Gasteiger partial charge on any atom is -0.457 e. The van der Waals surface area contributed by atoms with Crippen LogP contribution in [-0.4, -0.2) is 45.3 Å². The van der Waals surface area contributed by atoms with E-state index in [0.717, 1.165) is 36.7 Å². The van der Waals surface area contributed by atoms with Gasteiger partial charge in [0.2, 0.25) is 0 Å². The van der Waals surface area contributed by atoms with Crippen molar-refractivity contribution in [3.8, 4) is 17.2 Å². The van der Waals surface area contributed by atoms with Gasteiger partial charge in [0.15, 0.2) is 0 Å². The molecule has 2 aromatic carbocycles. The lowest BCUT2D eigenvalue weighted by Crippen LogP contribution is -2.26. The van der Waals surface area contributed by atoms with Crippen LogP contribution in [0.25, 0.3) is 5.69 Å². The van der Waals surface area contributed by atoms with E-state index in [-0.39, 0.29) is 17.5 Å². The van der Waals surface area contributed by atoms with Crippen molar-refractivity contribution in [2.45, 2.75) is 59.0 Å². The molecule has 0 saturated heterocycles. The molecule has 2 amide bonds. The fourth-order valence-corrected chi connectivity index (χ4v) is 4.72. The predicted molar refractivity (Wildman–Crippen MR) is 164 cm³/mol. The van der Waals surface area contributed by atoms with Gasteiger partial charge in [0.05, 0.1) is 11.4 Å². The molecule has 1 aliphatic heterocycles. The third kappa shape index (κ3) is 7.05. The van der Waals surface area contributed by atoms with E-state index in [2.05, 4.69) is 85.7 Å². The largest absolute Gasteiger partial charge is 0.457 e. The van der Waals surface area contributed by atoms with Gasteiger partial charge in [0.1, 0.15) is 23.1 Å². The molecule has 2 aromatic heterocycles. The summed E-state index contributed by atoms with van der Waals surface area (Å²) in [6.45, 7) is 12.4. The Labute approximate surface area is 241 Å². The first-order chi connectivity index (χ1) is 19.5. The van der Waals surface area contributed by atoms with Gasteiger partial charge in [-0.05, 0) is 80.9 Å². The maximum atomic E-state index is 13.1. The van der Waals surface area contributed by atoms with E-state index in [0.29, 0.717) is 23.0 Å². The molecule has 0 radical (unpaired) electrons. The molecule has 214 valence electrons. The molecule has 0 saturated carbocycles. The van der Waals surface area contributed by atoms with Crippen molar-refractivity contribution >= 4 is 23.4 Å². The van der Waals surface area contributed by atoms with Crippen LogP contribution in [0.1, 0.15) is 51.4 Å². The summed E-state index contributed by atoms with van der Waals surface area (Å²) in [6, 6.07) is 19.2. The van der Waals surface area contributed by atoms with Crippen LogP contribution in [0.15, 0.2) is 66.9 Å². The molecule has 0 atom stereocenters. The van der Waals surface area contributed by atoms with E-state index in [1.54, 1.807) is 12.3 Å². The van der Waals surface area contributed by atoms with E-state index in [4.69, 9.17) is 9.84 Å². The number of nitrogens with one attached hydrogen (secondary N) is 3. The molecule has 3 heterocycles. The molecule has 9 heteroatoms. The molecule has 4 aromatic rings. The highest BCUT2D eigenvalue weighted by Gasteiger charge is 2.22. The number of urea groups is 1. The van der Waals surface area contributed by atoms with Gasteiger partial charge in [-0.1, -0.05) is 26.8 Å². The van der Waals surface area contributed by atoms with Crippen molar-refractivity contribution in [2.24, 2.45) is 0 Å². The summed E-state index contributed by atoms with van der Waals surface area (Å²) in [6.07, 6.45) is 2.70. The predicted octanol–water partition coefficient (Wildman–Crippen LogP) is 6.81. The van der Waals surface area contributed by atoms with Crippen LogP contribution in [0, 0.1) is 0 Å². The highest BCUT2D eigenvalue weighted by molar-refractivity contribution is 5.99. The summed E-state index contributed by atoms with van der Waals surface area (Å²) in [5.41, 5.74) is 4.96. The number of fused-ring (bicyclic) bond motifs is 1. The maximum absolute atomic E-state index is 13.1. The highest BCUT2D eigenvalue weighted by Crippen LogP contribution is 2.29. The third-order valence-electron chi connectivity index (χ3n) is 6.87. The Morgan fingerprint density at radius 2 is 1.73 bits per heavy atom. The Hall–Kier alpha value is -4.37. The first-order valence-corrected chi connectivity index (χ1v) is 14.0. The van der Waals surface area contributed by atoms with Crippen LogP contribution in [0.4, 0.5) is 22.1 Å². The molecular weight excluding hydrogens is 514 g/mol. The van der Waals surface area contributed by atoms with Crippen LogP contribution in [0.3, 0.4) is 0 Å². The number of amides is 2. The molecule has 9 nitrogen and oxygen atoms in total. The van der Waals surface area contributed by atoms with Crippen LogP contribution in [-0.2, 0) is 18.4 Å². The zero-order chi connectivity index (χ0) is 29.1. The zero-order valence-electron chi connectivity index (χ0n) is 24.7. The fraction of sp³-hybridized carbons (Fsp3) is 0.344. The smallest absolute Gasteiger partial charge is 0.324 e. The second-order valence-electron chi connectivity index (χ2n) is 11.9. The lowest BCUT2D eigenvalue weighted by molar-refractivity contribution is 0.262. The van der Waals surface area contributed by atoms with E-state index < -0.39 is 0 Å². The van der Waals surface area contributed by atoms with Crippen molar-refractivity contribution in [1.29, 1.82) is 0 Å². The quantitative estimate of drug-likeness (QED) is 0.233. The van der Waals surface area contributed by atoms with Gasteiger partial charge < -0.3 is 20.3 Å². The molecule has 0 unspecified atom stereocenters. The number of likely N-dealkylation sites (N-methyl/N-ethyl adjacent to an activating group) is 1. The van der Waals surface area contributed by atoms with Crippen molar-refractivity contribution in [3.63, 3.8) is 0 Å². The van der Waals surface area contributed by atoms with Crippen LogP contribution >= 0.6 is 0 Å². The number of anilines is 3. The van der Waals surface area contributed by atoms with Crippen LogP contribution < -0.4 is 20.7 Å². The van der Waals surface area contributed by atoms with Crippen LogP contribution in [0.5, 0.6) is 11.5 Å².